The molecular weight excluding hydrogens is 192 g/mol. The molecule has 0 bridgehead atoms. The summed E-state index contributed by atoms with van der Waals surface area (Å²) in [4.78, 5) is 22.8. The predicted octanol–water partition coefficient (Wildman–Crippen LogP) is 2.48. The monoisotopic (exact) mass is 212 g/mol. The molecule has 1 saturated carbocycles. The lowest BCUT2D eigenvalue weighted by Gasteiger charge is -2.33. The quantitative estimate of drug-likeness (QED) is 0.521. The largest absolute Gasteiger partial charge is 0.451 e. The van der Waals surface area contributed by atoms with Crippen LogP contribution >= 0.6 is 0 Å². The molecule has 3 heteroatoms. The third-order valence-electron chi connectivity index (χ3n) is 2.82. The molecule has 3 nitrogen and oxygen atoms in total. The van der Waals surface area contributed by atoms with Crippen molar-refractivity contribution in [3.05, 3.63) is 0 Å². The van der Waals surface area contributed by atoms with Gasteiger partial charge in [0.2, 0.25) is 0 Å². The first-order chi connectivity index (χ1) is 6.90. The Balaban J connectivity index is 2.68. The topological polar surface area (TPSA) is 43.4 Å². The lowest BCUT2D eigenvalue weighted by molar-refractivity contribution is -0.174. The van der Waals surface area contributed by atoms with E-state index in [2.05, 4.69) is 0 Å². The molecule has 0 aromatic heterocycles. The van der Waals surface area contributed by atoms with E-state index in [1.807, 2.05) is 0 Å². The molecule has 0 aromatic rings. The van der Waals surface area contributed by atoms with Crippen LogP contribution in [0.2, 0.25) is 0 Å². The van der Waals surface area contributed by atoms with Crippen LogP contribution in [0.1, 0.15) is 52.9 Å². The summed E-state index contributed by atoms with van der Waals surface area (Å²) in [5.74, 6) is -0.281. The van der Waals surface area contributed by atoms with Gasteiger partial charge in [0.05, 0.1) is 5.41 Å². The van der Waals surface area contributed by atoms with Gasteiger partial charge in [0.15, 0.2) is 11.9 Å². The van der Waals surface area contributed by atoms with Crippen molar-refractivity contribution in [2.24, 2.45) is 5.41 Å². The van der Waals surface area contributed by atoms with Crippen LogP contribution in [0.3, 0.4) is 0 Å². The van der Waals surface area contributed by atoms with Gasteiger partial charge in [-0.15, -0.1) is 0 Å². The minimum Gasteiger partial charge on any atom is -0.451 e. The minimum absolute atomic E-state index is 0.281. The number of hydrogen-bond acceptors (Lipinski definition) is 3. The second kappa shape index (κ2) is 4.33. The highest BCUT2D eigenvalue weighted by molar-refractivity contribution is 5.79. The Labute approximate surface area is 91.2 Å². The van der Waals surface area contributed by atoms with Crippen LogP contribution in [0.5, 0.6) is 0 Å². The van der Waals surface area contributed by atoms with Crippen molar-refractivity contribution >= 4 is 12.3 Å². The number of carbonyl (C=O) groups is 2. The molecule has 0 N–H and O–H groups in total. The van der Waals surface area contributed by atoms with Gasteiger partial charge in [0.25, 0.3) is 0 Å². The molecule has 0 spiro atoms. The highest BCUT2D eigenvalue weighted by atomic mass is 16.6. The van der Waals surface area contributed by atoms with E-state index in [9.17, 15) is 9.59 Å². The number of ether oxygens (including phenoxy) is 1. The summed E-state index contributed by atoms with van der Waals surface area (Å²) in [6, 6.07) is 0. The van der Waals surface area contributed by atoms with Crippen LogP contribution in [0.25, 0.3) is 0 Å². The van der Waals surface area contributed by atoms with Crippen LogP contribution in [0, 0.1) is 5.41 Å². The molecular formula is C12H20O3. The number of carbonyl (C=O) groups excluding carboxylic acids is 2. The van der Waals surface area contributed by atoms with E-state index in [0.29, 0.717) is 12.8 Å². The standard InChI is InChI=1S/C12H20O3/c1-11(2,3)10(14)15-12(9-13)7-5-4-6-8-12/h9H,4-8H2,1-3H3. The van der Waals surface area contributed by atoms with Crippen LogP contribution in [-0.4, -0.2) is 17.9 Å². The Morgan fingerprint density at radius 1 is 1.20 bits per heavy atom. The summed E-state index contributed by atoms with van der Waals surface area (Å²) in [5.41, 5.74) is -1.37. The first-order valence-electron chi connectivity index (χ1n) is 5.59. The van der Waals surface area contributed by atoms with Gasteiger partial charge < -0.3 is 4.74 Å². The molecule has 0 radical (unpaired) electrons. The normalized spacial score (nSPS) is 20.7. The Morgan fingerprint density at radius 2 is 1.73 bits per heavy atom. The third-order valence-corrected chi connectivity index (χ3v) is 2.82. The molecule has 86 valence electrons. The first-order valence-corrected chi connectivity index (χ1v) is 5.59. The van der Waals surface area contributed by atoms with E-state index in [-0.39, 0.29) is 5.97 Å². The minimum atomic E-state index is -0.831. The fraction of sp³-hybridized carbons (Fsp3) is 0.833. The van der Waals surface area contributed by atoms with Crippen molar-refractivity contribution in [1.29, 1.82) is 0 Å². The van der Waals surface area contributed by atoms with Crippen molar-refractivity contribution in [2.45, 2.75) is 58.5 Å². The second-order valence-electron chi connectivity index (χ2n) is 5.38. The van der Waals surface area contributed by atoms with Crippen LogP contribution in [0.15, 0.2) is 0 Å². The SMILES string of the molecule is CC(C)(C)C(=O)OC1(C=O)CCCCC1. The van der Waals surface area contributed by atoms with Crippen molar-refractivity contribution < 1.29 is 14.3 Å². The van der Waals surface area contributed by atoms with Crippen LogP contribution in [-0.2, 0) is 14.3 Å². The fourth-order valence-electron chi connectivity index (χ4n) is 1.73. The van der Waals surface area contributed by atoms with E-state index in [0.717, 1.165) is 25.5 Å². The Bertz CT molecular complexity index is 244. The average Bonchev–Trinajstić information content (AvgIpc) is 2.18. The van der Waals surface area contributed by atoms with E-state index in [1.54, 1.807) is 20.8 Å². The molecule has 1 aliphatic carbocycles. The molecule has 1 fully saturated rings. The average molecular weight is 212 g/mol. The van der Waals surface area contributed by atoms with Gasteiger partial charge in [-0.1, -0.05) is 6.42 Å². The first kappa shape index (κ1) is 12.2. The molecule has 1 rings (SSSR count). The predicted molar refractivity (Wildman–Crippen MR) is 57.4 cm³/mol. The maximum Gasteiger partial charge on any atom is 0.312 e. The molecule has 0 saturated heterocycles. The number of aldehydes is 1. The van der Waals surface area contributed by atoms with Gasteiger partial charge in [0, 0.05) is 0 Å². The lowest BCUT2D eigenvalue weighted by Crippen LogP contribution is -2.42. The van der Waals surface area contributed by atoms with Crippen molar-refractivity contribution in [2.75, 3.05) is 0 Å². The summed E-state index contributed by atoms with van der Waals surface area (Å²) in [5, 5.41) is 0. The zero-order chi connectivity index (χ0) is 11.5. The highest BCUT2D eigenvalue weighted by Crippen LogP contribution is 2.32. The number of esters is 1. The van der Waals surface area contributed by atoms with E-state index >= 15 is 0 Å². The van der Waals surface area contributed by atoms with E-state index < -0.39 is 11.0 Å². The van der Waals surface area contributed by atoms with Gasteiger partial charge in [-0.25, -0.2) is 0 Å². The van der Waals surface area contributed by atoms with Crippen molar-refractivity contribution in [1.82, 2.24) is 0 Å². The lowest BCUT2D eigenvalue weighted by atomic mass is 9.85. The van der Waals surface area contributed by atoms with E-state index in [1.165, 1.54) is 0 Å². The zero-order valence-electron chi connectivity index (χ0n) is 9.84. The summed E-state index contributed by atoms with van der Waals surface area (Å²) in [6.07, 6.45) is 5.24. The Kier molecular flexibility index (Phi) is 3.53. The maximum atomic E-state index is 11.7. The molecule has 0 amide bonds. The van der Waals surface area contributed by atoms with Crippen molar-refractivity contribution in [3.8, 4) is 0 Å². The molecule has 0 aliphatic heterocycles. The third kappa shape index (κ3) is 3.05. The molecule has 1 aliphatic rings. The van der Waals surface area contributed by atoms with Gasteiger partial charge >= 0.3 is 5.97 Å². The molecule has 0 heterocycles. The smallest absolute Gasteiger partial charge is 0.312 e. The van der Waals surface area contributed by atoms with Gasteiger partial charge in [-0.2, -0.15) is 0 Å². The van der Waals surface area contributed by atoms with Gasteiger partial charge in [0.1, 0.15) is 0 Å². The van der Waals surface area contributed by atoms with Gasteiger partial charge in [-0.3, -0.25) is 9.59 Å². The number of hydrogen-bond donors (Lipinski definition) is 0. The summed E-state index contributed by atoms with van der Waals surface area (Å²) < 4.78 is 5.39. The molecule has 0 aromatic carbocycles. The summed E-state index contributed by atoms with van der Waals surface area (Å²) >= 11 is 0. The van der Waals surface area contributed by atoms with E-state index in [4.69, 9.17) is 4.74 Å². The molecule has 15 heavy (non-hydrogen) atoms. The van der Waals surface area contributed by atoms with Crippen LogP contribution < -0.4 is 0 Å². The van der Waals surface area contributed by atoms with Gasteiger partial charge in [-0.05, 0) is 46.5 Å². The fourth-order valence-corrected chi connectivity index (χ4v) is 1.73. The molecule has 0 atom stereocenters. The summed E-state index contributed by atoms with van der Waals surface area (Å²) in [6.45, 7) is 5.41. The Hall–Kier alpha value is -0.860. The summed E-state index contributed by atoms with van der Waals surface area (Å²) in [7, 11) is 0. The van der Waals surface area contributed by atoms with Crippen molar-refractivity contribution in [3.63, 3.8) is 0 Å². The second-order valence-corrected chi connectivity index (χ2v) is 5.38. The van der Waals surface area contributed by atoms with Crippen LogP contribution in [0.4, 0.5) is 0 Å². The Morgan fingerprint density at radius 3 is 2.13 bits per heavy atom. The number of rotatable bonds is 2. The maximum absolute atomic E-state index is 11.7. The highest BCUT2D eigenvalue weighted by Gasteiger charge is 2.38. The zero-order valence-corrected chi connectivity index (χ0v) is 9.84. The molecule has 0 unspecified atom stereocenters.